The van der Waals surface area contributed by atoms with Gasteiger partial charge in [0.05, 0.1) is 33.4 Å². The zero-order valence-corrected chi connectivity index (χ0v) is 18.5. The van der Waals surface area contributed by atoms with Crippen molar-refractivity contribution >= 4 is 28.7 Å². The molecule has 0 aliphatic carbocycles. The van der Waals surface area contributed by atoms with Crippen LogP contribution in [-0.4, -0.2) is 20.9 Å². The average molecular weight is 446 g/mol. The van der Waals surface area contributed by atoms with E-state index in [9.17, 15) is 4.79 Å². The summed E-state index contributed by atoms with van der Waals surface area (Å²) < 4.78 is 5.85. The molecule has 2 aromatic heterocycles. The van der Waals surface area contributed by atoms with Gasteiger partial charge in [-0.05, 0) is 49.7 Å². The number of hydrogen-bond acceptors (Lipinski definition) is 5. The standard InChI is InChI=1S/C24H20ClN5O2/c1-14(31)30-24(2,3)17-7-9-18(10-8-17)32-23-27-20-12-19(25)21(28-22(20)29-23)16-6-4-5-15(11-16)13-26/h4-12H,1-3H3,(H,30,31)(H,27,28,29). The third-order valence-electron chi connectivity index (χ3n) is 4.95. The molecule has 0 aliphatic heterocycles. The van der Waals surface area contributed by atoms with Gasteiger partial charge in [-0.15, -0.1) is 0 Å². The number of fused-ring (bicyclic) bond motifs is 1. The largest absolute Gasteiger partial charge is 0.426 e. The van der Waals surface area contributed by atoms with Gasteiger partial charge < -0.3 is 15.0 Å². The van der Waals surface area contributed by atoms with Crippen molar-refractivity contribution < 1.29 is 9.53 Å². The zero-order valence-electron chi connectivity index (χ0n) is 17.7. The minimum atomic E-state index is -0.496. The number of carbonyl (C=O) groups excluding carboxylic acids is 1. The van der Waals surface area contributed by atoms with Gasteiger partial charge in [0, 0.05) is 12.5 Å². The number of carbonyl (C=O) groups is 1. The van der Waals surface area contributed by atoms with E-state index in [0.29, 0.717) is 33.2 Å². The first-order valence-corrected chi connectivity index (χ1v) is 10.3. The molecule has 2 aromatic carbocycles. The van der Waals surface area contributed by atoms with E-state index < -0.39 is 5.54 Å². The summed E-state index contributed by atoms with van der Waals surface area (Å²) in [6, 6.07) is 18.6. The maximum Gasteiger partial charge on any atom is 0.301 e. The Morgan fingerprint density at radius 1 is 1.16 bits per heavy atom. The van der Waals surface area contributed by atoms with E-state index in [1.165, 1.54) is 6.92 Å². The molecule has 0 bridgehead atoms. The van der Waals surface area contributed by atoms with Crippen molar-refractivity contribution in [3.63, 3.8) is 0 Å². The van der Waals surface area contributed by atoms with Crippen LogP contribution in [0.3, 0.4) is 0 Å². The van der Waals surface area contributed by atoms with Gasteiger partial charge in [0.15, 0.2) is 5.65 Å². The van der Waals surface area contributed by atoms with Crippen molar-refractivity contribution in [1.82, 2.24) is 20.3 Å². The molecule has 4 rings (SSSR count). The maximum absolute atomic E-state index is 11.4. The van der Waals surface area contributed by atoms with E-state index in [1.54, 1.807) is 24.3 Å². The fraction of sp³-hybridized carbons (Fsp3) is 0.167. The van der Waals surface area contributed by atoms with E-state index in [1.807, 2.05) is 44.2 Å². The molecule has 32 heavy (non-hydrogen) atoms. The Labute approximate surface area is 190 Å². The van der Waals surface area contributed by atoms with Crippen molar-refractivity contribution in [2.24, 2.45) is 0 Å². The molecule has 0 saturated carbocycles. The van der Waals surface area contributed by atoms with Gasteiger partial charge in [-0.25, -0.2) is 4.98 Å². The number of aromatic nitrogens is 3. The highest BCUT2D eigenvalue weighted by Gasteiger charge is 2.21. The highest BCUT2D eigenvalue weighted by atomic mass is 35.5. The number of hydrogen-bond donors (Lipinski definition) is 2. The number of amides is 1. The molecule has 0 radical (unpaired) electrons. The highest BCUT2D eigenvalue weighted by molar-refractivity contribution is 6.33. The predicted octanol–water partition coefficient (Wildman–Crippen LogP) is 5.31. The minimum Gasteiger partial charge on any atom is -0.426 e. The van der Waals surface area contributed by atoms with Crippen LogP contribution >= 0.6 is 11.6 Å². The van der Waals surface area contributed by atoms with Gasteiger partial charge in [-0.2, -0.15) is 10.2 Å². The van der Waals surface area contributed by atoms with E-state index in [2.05, 4.69) is 26.3 Å². The van der Waals surface area contributed by atoms with Gasteiger partial charge >= 0.3 is 6.01 Å². The molecule has 160 valence electrons. The molecule has 4 aromatic rings. The topological polar surface area (TPSA) is 104 Å². The molecule has 0 saturated heterocycles. The number of halogens is 1. The zero-order chi connectivity index (χ0) is 22.9. The Hall–Kier alpha value is -3.89. The number of nitrogens with one attached hydrogen (secondary N) is 2. The first kappa shape index (κ1) is 21.3. The molecule has 0 atom stereocenters. The third-order valence-corrected chi connectivity index (χ3v) is 5.24. The van der Waals surface area contributed by atoms with Crippen LogP contribution in [0.5, 0.6) is 11.8 Å². The van der Waals surface area contributed by atoms with Crippen LogP contribution in [0.1, 0.15) is 31.9 Å². The lowest BCUT2D eigenvalue weighted by atomic mass is 9.94. The summed E-state index contributed by atoms with van der Waals surface area (Å²) in [5.74, 6) is 0.488. The number of ether oxygens (including phenoxy) is 1. The summed E-state index contributed by atoms with van der Waals surface area (Å²) in [4.78, 5) is 23.5. The van der Waals surface area contributed by atoms with Gasteiger partial charge in [0.1, 0.15) is 5.75 Å². The second-order valence-electron chi connectivity index (χ2n) is 7.86. The van der Waals surface area contributed by atoms with Crippen molar-refractivity contribution in [1.29, 1.82) is 5.26 Å². The van der Waals surface area contributed by atoms with Gasteiger partial charge in [-0.3, -0.25) is 4.79 Å². The Kier molecular flexibility index (Phi) is 5.56. The molecule has 2 heterocycles. The smallest absolute Gasteiger partial charge is 0.301 e. The van der Waals surface area contributed by atoms with Crippen LogP contribution in [-0.2, 0) is 10.3 Å². The molecule has 7 nitrogen and oxygen atoms in total. The normalized spacial score (nSPS) is 11.2. The summed E-state index contributed by atoms with van der Waals surface area (Å²) in [6.45, 7) is 5.36. The lowest BCUT2D eigenvalue weighted by Gasteiger charge is -2.26. The number of aromatic amines is 1. The Morgan fingerprint density at radius 3 is 2.59 bits per heavy atom. The molecule has 2 N–H and O–H groups in total. The van der Waals surface area contributed by atoms with Crippen LogP contribution in [0, 0.1) is 11.3 Å². The highest BCUT2D eigenvalue weighted by Crippen LogP contribution is 2.31. The number of H-pyrrole nitrogens is 1. The van der Waals surface area contributed by atoms with Crippen LogP contribution in [0.25, 0.3) is 22.4 Å². The summed E-state index contributed by atoms with van der Waals surface area (Å²) in [6.07, 6.45) is 0. The Morgan fingerprint density at radius 2 is 1.91 bits per heavy atom. The molecule has 0 aliphatic rings. The molecule has 8 heteroatoms. The van der Waals surface area contributed by atoms with Crippen molar-refractivity contribution in [3.8, 4) is 29.1 Å². The second-order valence-corrected chi connectivity index (χ2v) is 8.26. The number of imidazole rings is 1. The van der Waals surface area contributed by atoms with Crippen LogP contribution < -0.4 is 10.1 Å². The lowest BCUT2D eigenvalue weighted by Crippen LogP contribution is -2.39. The quantitative estimate of drug-likeness (QED) is 0.433. The van der Waals surface area contributed by atoms with Crippen LogP contribution in [0.15, 0.2) is 54.6 Å². The third kappa shape index (κ3) is 4.41. The fourth-order valence-corrected chi connectivity index (χ4v) is 3.71. The summed E-state index contributed by atoms with van der Waals surface area (Å²) in [7, 11) is 0. The van der Waals surface area contributed by atoms with Gasteiger partial charge in [0.25, 0.3) is 0 Å². The second kappa shape index (κ2) is 8.33. The van der Waals surface area contributed by atoms with Crippen molar-refractivity contribution in [2.45, 2.75) is 26.3 Å². The molecular weight excluding hydrogens is 426 g/mol. The number of nitriles is 1. The molecule has 0 spiro atoms. The minimum absolute atomic E-state index is 0.0949. The van der Waals surface area contributed by atoms with Crippen LogP contribution in [0.4, 0.5) is 0 Å². The van der Waals surface area contributed by atoms with Gasteiger partial charge in [0.2, 0.25) is 5.91 Å². The van der Waals surface area contributed by atoms with E-state index >= 15 is 0 Å². The van der Waals surface area contributed by atoms with E-state index in [4.69, 9.17) is 21.6 Å². The predicted molar refractivity (Wildman–Crippen MR) is 122 cm³/mol. The first-order chi connectivity index (χ1) is 15.2. The van der Waals surface area contributed by atoms with Gasteiger partial charge in [-0.1, -0.05) is 35.9 Å². The van der Waals surface area contributed by atoms with Crippen molar-refractivity contribution in [2.75, 3.05) is 0 Å². The number of benzene rings is 2. The van der Waals surface area contributed by atoms with Crippen molar-refractivity contribution in [3.05, 3.63) is 70.7 Å². The monoisotopic (exact) mass is 445 g/mol. The Bertz CT molecular complexity index is 1350. The van der Waals surface area contributed by atoms with E-state index in [-0.39, 0.29) is 11.9 Å². The average Bonchev–Trinajstić information content (AvgIpc) is 3.13. The summed E-state index contributed by atoms with van der Waals surface area (Å²) in [5, 5.41) is 12.5. The fourth-order valence-electron chi connectivity index (χ4n) is 3.45. The number of pyridine rings is 1. The summed E-state index contributed by atoms with van der Waals surface area (Å²) >= 11 is 6.43. The number of rotatable bonds is 5. The Balaban J connectivity index is 1.59. The van der Waals surface area contributed by atoms with Crippen LogP contribution in [0.2, 0.25) is 5.02 Å². The first-order valence-electron chi connectivity index (χ1n) is 9.89. The summed E-state index contributed by atoms with van der Waals surface area (Å²) in [5.41, 5.74) is 3.33. The molecule has 0 fully saturated rings. The number of nitrogens with zero attached hydrogens (tertiary/aromatic N) is 3. The maximum atomic E-state index is 11.4. The molecular formula is C24H20ClN5O2. The molecule has 1 amide bonds. The molecule has 0 unspecified atom stereocenters. The SMILES string of the molecule is CC(=O)NC(C)(C)c1ccc(Oc2nc3nc(-c4cccc(C#N)c4)c(Cl)cc3[nH]2)cc1. The van der Waals surface area contributed by atoms with E-state index in [0.717, 1.165) is 11.1 Å². The lowest BCUT2D eigenvalue weighted by molar-refractivity contribution is -0.120.